The zero-order valence-corrected chi connectivity index (χ0v) is 9.05. The molecular formula is C11H22N2. The van der Waals surface area contributed by atoms with Gasteiger partial charge in [-0.25, -0.2) is 0 Å². The Morgan fingerprint density at radius 1 is 1.08 bits per heavy atom. The minimum absolute atomic E-state index is 0.603. The van der Waals surface area contributed by atoms with Crippen LogP contribution in [-0.2, 0) is 0 Å². The van der Waals surface area contributed by atoms with Crippen LogP contribution in [-0.4, -0.2) is 48.6 Å². The van der Waals surface area contributed by atoms with Crippen molar-refractivity contribution in [3.05, 3.63) is 0 Å². The van der Waals surface area contributed by atoms with Crippen LogP contribution in [0.5, 0.6) is 0 Å². The lowest BCUT2D eigenvalue weighted by Gasteiger charge is -2.43. The Hall–Kier alpha value is -0.0800. The Balaban J connectivity index is 1.95. The van der Waals surface area contributed by atoms with Crippen LogP contribution in [0.4, 0.5) is 0 Å². The average Bonchev–Trinajstić information content (AvgIpc) is 2.50. The topological polar surface area (TPSA) is 6.48 Å². The molecule has 2 rings (SSSR count). The number of nitrogens with zero attached hydrogens (tertiary/aromatic N) is 2. The lowest BCUT2D eigenvalue weighted by molar-refractivity contribution is 0.0733. The first-order valence-corrected chi connectivity index (χ1v) is 5.70. The van der Waals surface area contributed by atoms with E-state index < -0.39 is 0 Å². The van der Waals surface area contributed by atoms with Crippen LogP contribution in [0.25, 0.3) is 0 Å². The van der Waals surface area contributed by atoms with Crippen LogP contribution < -0.4 is 0 Å². The summed E-state index contributed by atoms with van der Waals surface area (Å²) < 4.78 is 0. The van der Waals surface area contributed by atoms with E-state index in [1.807, 2.05) is 0 Å². The molecule has 2 heteroatoms. The van der Waals surface area contributed by atoms with Crippen molar-refractivity contribution in [3.8, 4) is 0 Å². The molecule has 2 aliphatic heterocycles. The third kappa shape index (κ3) is 1.62. The van der Waals surface area contributed by atoms with Crippen molar-refractivity contribution in [3.63, 3.8) is 0 Å². The molecule has 0 aliphatic carbocycles. The summed E-state index contributed by atoms with van der Waals surface area (Å²) in [6.07, 6.45) is 5.67. The molecule has 0 radical (unpaired) electrons. The van der Waals surface area contributed by atoms with Crippen LogP contribution in [0.2, 0.25) is 0 Å². The molecule has 0 aromatic rings. The predicted octanol–water partition coefficient (Wildman–Crippen LogP) is 1.57. The zero-order chi connectivity index (χ0) is 9.31. The summed E-state index contributed by atoms with van der Waals surface area (Å²) in [6, 6.07) is 0. The van der Waals surface area contributed by atoms with Crippen molar-refractivity contribution >= 4 is 0 Å². The van der Waals surface area contributed by atoms with Crippen molar-refractivity contribution in [2.24, 2.45) is 0 Å². The molecule has 0 unspecified atom stereocenters. The molecule has 0 N–H and O–H groups in total. The second-order valence-electron chi connectivity index (χ2n) is 4.68. The van der Waals surface area contributed by atoms with Crippen LogP contribution in [0.15, 0.2) is 0 Å². The van der Waals surface area contributed by atoms with Crippen LogP contribution in [0.1, 0.15) is 32.6 Å². The quantitative estimate of drug-likeness (QED) is 0.607. The highest BCUT2D eigenvalue weighted by atomic mass is 15.2. The lowest BCUT2D eigenvalue weighted by atomic mass is 9.85. The summed E-state index contributed by atoms with van der Waals surface area (Å²) in [6.45, 7) is 7.48. The summed E-state index contributed by atoms with van der Waals surface area (Å²) in [5.74, 6) is 0. The minimum atomic E-state index is 0.603. The molecule has 0 aromatic heterocycles. The molecule has 0 bridgehead atoms. The molecule has 0 atom stereocenters. The molecule has 2 aliphatic rings. The molecule has 2 fully saturated rings. The van der Waals surface area contributed by atoms with Crippen molar-refractivity contribution in [2.45, 2.75) is 38.1 Å². The number of hydrogen-bond donors (Lipinski definition) is 0. The second kappa shape index (κ2) is 3.58. The van der Waals surface area contributed by atoms with Crippen molar-refractivity contribution < 1.29 is 0 Å². The molecule has 2 heterocycles. The van der Waals surface area contributed by atoms with Gasteiger partial charge in [0.2, 0.25) is 0 Å². The molecular weight excluding hydrogens is 160 g/mol. The van der Waals surface area contributed by atoms with Crippen LogP contribution >= 0.6 is 0 Å². The van der Waals surface area contributed by atoms with Gasteiger partial charge in [0.15, 0.2) is 0 Å². The smallest absolute Gasteiger partial charge is 0.0231 e. The van der Waals surface area contributed by atoms with Gasteiger partial charge in [-0.05, 0) is 58.9 Å². The molecule has 13 heavy (non-hydrogen) atoms. The fourth-order valence-electron chi connectivity index (χ4n) is 2.99. The Morgan fingerprint density at radius 3 is 2.23 bits per heavy atom. The Bertz CT molecular complexity index is 171. The van der Waals surface area contributed by atoms with Gasteiger partial charge in [0.1, 0.15) is 0 Å². The predicted molar refractivity (Wildman–Crippen MR) is 55.9 cm³/mol. The first-order chi connectivity index (χ1) is 6.27. The molecule has 0 saturated carbocycles. The van der Waals surface area contributed by atoms with Gasteiger partial charge in [-0.15, -0.1) is 0 Å². The number of likely N-dealkylation sites (tertiary alicyclic amines) is 2. The summed E-state index contributed by atoms with van der Waals surface area (Å²) in [4.78, 5) is 5.19. The van der Waals surface area contributed by atoms with Crippen LogP contribution in [0.3, 0.4) is 0 Å². The summed E-state index contributed by atoms with van der Waals surface area (Å²) >= 11 is 0. The van der Waals surface area contributed by atoms with Gasteiger partial charge in [-0.1, -0.05) is 6.92 Å². The third-order valence-electron chi connectivity index (χ3n) is 4.18. The van der Waals surface area contributed by atoms with Gasteiger partial charge in [-0.3, -0.25) is 0 Å². The van der Waals surface area contributed by atoms with Gasteiger partial charge >= 0.3 is 0 Å². The highest BCUT2D eigenvalue weighted by Gasteiger charge is 2.40. The fraction of sp³-hybridized carbons (Fsp3) is 1.00. The second-order valence-corrected chi connectivity index (χ2v) is 4.68. The SMILES string of the molecule is CCN1CCC2(CCCN2C)CC1. The van der Waals surface area contributed by atoms with Gasteiger partial charge in [0.25, 0.3) is 0 Å². The molecule has 2 saturated heterocycles. The molecule has 0 aromatic carbocycles. The van der Waals surface area contributed by atoms with E-state index in [1.54, 1.807) is 0 Å². The Labute approximate surface area is 81.9 Å². The number of hydrogen-bond acceptors (Lipinski definition) is 2. The van der Waals surface area contributed by atoms with Crippen molar-refractivity contribution in [2.75, 3.05) is 33.2 Å². The summed E-state index contributed by atoms with van der Waals surface area (Å²) in [7, 11) is 2.31. The van der Waals surface area contributed by atoms with E-state index in [1.165, 1.54) is 51.9 Å². The van der Waals surface area contributed by atoms with E-state index in [4.69, 9.17) is 0 Å². The molecule has 2 nitrogen and oxygen atoms in total. The van der Waals surface area contributed by atoms with Crippen molar-refractivity contribution in [1.82, 2.24) is 9.80 Å². The maximum atomic E-state index is 2.61. The average molecular weight is 182 g/mol. The number of rotatable bonds is 1. The molecule has 1 spiro atoms. The molecule has 76 valence electrons. The van der Waals surface area contributed by atoms with E-state index >= 15 is 0 Å². The number of piperidine rings is 1. The monoisotopic (exact) mass is 182 g/mol. The van der Waals surface area contributed by atoms with E-state index in [9.17, 15) is 0 Å². The third-order valence-corrected chi connectivity index (χ3v) is 4.18. The normalized spacial score (nSPS) is 30.0. The summed E-state index contributed by atoms with van der Waals surface area (Å²) in [5, 5.41) is 0. The highest BCUT2D eigenvalue weighted by molar-refractivity contribution is 4.97. The minimum Gasteiger partial charge on any atom is -0.303 e. The van der Waals surface area contributed by atoms with E-state index in [0.717, 1.165) is 0 Å². The van der Waals surface area contributed by atoms with Crippen LogP contribution in [0, 0.1) is 0 Å². The summed E-state index contributed by atoms with van der Waals surface area (Å²) in [5.41, 5.74) is 0.603. The van der Waals surface area contributed by atoms with Gasteiger partial charge in [0, 0.05) is 5.54 Å². The Morgan fingerprint density at radius 2 is 1.77 bits per heavy atom. The first kappa shape index (κ1) is 9.47. The standard InChI is InChI=1S/C11H22N2/c1-3-13-9-6-11(7-10-13)5-4-8-12(11)2/h3-10H2,1-2H3. The maximum absolute atomic E-state index is 2.61. The zero-order valence-electron chi connectivity index (χ0n) is 9.05. The lowest BCUT2D eigenvalue weighted by Crippen LogP contribution is -2.50. The van der Waals surface area contributed by atoms with E-state index in [0.29, 0.717) is 5.54 Å². The van der Waals surface area contributed by atoms with E-state index in [2.05, 4.69) is 23.8 Å². The van der Waals surface area contributed by atoms with Gasteiger partial charge in [0.05, 0.1) is 0 Å². The van der Waals surface area contributed by atoms with Crippen molar-refractivity contribution in [1.29, 1.82) is 0 Å². The fourth-order valence-corrected chi connectivity index (χ4v) is 2.99. The molecule has 0 amide bonds. The van der Waals surface area contributed by atoms with Gasteiger partial charge < -0.3 is 9.80 Å². The largest absolute Gasteiger partial charge is 0.303 e. The Kier molecular flexibility index (Phi) is 2.61. The van der Waals surface area contributed by atoms with E-state index in [-0.39, 0.29) is 0 Å². The van der Waals surface area contributed by atoms with Gasteiger partial charge in [-0.2, -0.15) is 0 Å². The maximum Gasteiger partial charge on any atom is 0.0231 e. The first-order valence-electron chi connectivity index (χ1n) is 5.70. The highest BCUT2D eigenvalue weighted by Crippen LogP contribution is 2.36.